The molecule has 6 heteroatoms. The molecule has 21 heavy (non-hydrogen) atoms. The Labute approximate surface area is 126 Å². The molecular weight excluding hydrogens is 266 g/mol. The molecule has 1 saturated heterocycles. The van der Waals surface area contributed by atoms with Crippen LogP contribution in [0.2, 0.25) is 0 Å². The van der Waals surface area contributed by atoms with Gasteiger partial charge in [-0.1, -0.05) is 6.07 Å². The second-order valence-electron chi connectivity index (χ2n) is 5.53. The number of hydrogen-bond acceptors (Lipinski definition) is 4. The molecule has 1 aliphatic heterocycles. The summed E-state index contributed by atoms with van der Waals surface area (Å²) >= 11 is 0. The minimum absolute atomic E-state index is 0.0400. The van der Waals surface area contributed by atoms with Crippen molar-refractivity contribution in [3.05, 3.63) is 24.4 Å². The number of carbonyl (C=O) groups excluding carboxylic acids is 1. The molecular formula is C15H25N5O. The molecule has 6 nitrogen and oxygen atoms in total. The Balaban J connectivity index is 1.62. The van der Waals surface area contributed by atoms with Crippen LogP contribution >= 0.6 is 0 Å². The van der Waals surface area contributed by atoms with Gasteiger partial charge >= 0.3 is 6.03 Å². The highest BCUT2D eigenvalue weighted by Gasteiger charge is 2.19. The van der Waals surface area contributed by atoms with Gasteiger partial charge in [-0.2, -0.15) is 0 Å². The third kappa shape index (κ3) is 4.90. The Morgan fingerprint density at radius 3 is 2.71 bits per heavy atom. The maximum absolute atomic E-state index is 11.4. The number of aromatic nitrogens is 1. The van der Waals surface area contributed by atoms with Crippen molar-refractivity contribution < 1.29 is 4.79 Å². The van der Waals surface area contributed by atoms with Gasteiger partial charge in [0.25, 0.3) is 0 Å². The summed E-state index contributed by atoms with van der Waals surface area (Å²) in [6.07, 6.45) is 4.06. The van der Waals surface area contributed by atoms with E-state index in [4.69, 9.17) is 0 Å². The van der Waals surface area contributed by atoms with Crippen molar-refractivity contribution in [2.75, 3.05) is 45.2 Å². The zero-order valence-corrected chi connectivity index (χ0v) is 12.9. The third-order valence-corrected chi connectivity index (χ3v) is 3.71. The number of hydrogen-bond donors (Lipinski definition) is 2. The molecule has 0 aromatic carbocycles. The van der Waals surface area contributed by atoms with E-state index in [0.717, 1.165) is 38.3 Å². The van der Waals surface area contributed by atoms with E-state index in [2.05, 4.69) is 26.6 Å². The first-order valence-corrected chi connectivity index (χ1v) is 7.51. The highest BCUT2D eigenvalue weighted by atomic mass is 16.2. The second-order valence-corrected chi connectivity index (χ2v) is 5.53. The predicted molar refractivity (Wildman–Crippen MR) is 84.6 cm³/mol. The summed E-state index contributed by atoms with van der Waals surface area (Å²) in [5.41, 5.74) is 0. The van der Waals surface area contributed by atoms with Crippen LogP contribution in [-0.2, 0) is 0 Å². The van der Waals surface area contributed by atoms with Gasteiger partial charge in [0.05, 0.1) is 0 Å². The first-order valence-electron chi connectivity index (χ1n) is 7.51. The van der Waals surface area contributed by atoms with Crippen LogP contribution in [0.4, 0.5) is 10.6 Å². The molecule has 1 aromatic heterocycles. The largest absolute Gasteiger partial charge is 0.357 e. The van der Waals surface area contributed by atoms with Crippen LogP contribution in [-0.4, -0.2) is 62.2 Å². The lowest BCUT2D eigenvalue weighted by atomic mass is 10.1. The number of carbonyl (C=O) groups is 1. The molecule has 2 N–H and O–H groups in total. The van der Waals surface area contributed by atoms with Crippen molar-refractivity contribution >= 4 is 11.8 Å². The van der Waals surface area contributed by atoms with E-state index in [0.29, 0.717) is 12.6 Å². The zero-order chi connectivity index (χ0) is 15.1. The van der Waals surface area contributed by atoms with Gasteiger partial charge < -0.3 is 20.4 Å². The average molecular weight is 291 g/mol. The van der Waals surface area contributed by atoms with E-state index < -0.39 is 0 Å². The summed E-state index contributed by atoms with van der Waals surface area (Å²) in [6.45, 7) is 3.53. The molecule has 0 unspecified atom stereocenters. The van der Waals surface area contributed by atoms with Gasteiger partial charge in [0.15, 0.2) is 0 Å². The maximum atomic E-state index is 11.4. The van der Waals surface area contributed by atoms with Crippen LogP contribution in [0.5, 0.6) is 0 Å². The molecule has 0 radical (unpaired) electrons. The van der Waals surface area contributed by atoms with E-state index in [1.165, 1.54) is 0 Å². The molecule has 1 aliphatic rings. The summed E-state index contributed by atoms with van der Waals surface area (Å²) in [5, 5.41) is 6.37. The minimum Gasteiger partial charge on any atom is -0.357 e. The summed E-state index contributed by atoms with van der Waals surface area (Å²) in [4.78, 5) is 19.6. The van der Waals surface area contributed by atoms with Crippen molar-refractivity contribution in [2.24, 2.45) is 0 Å². The molecule has 0 saturated carbocycles. The number of piperidine rings is 1. The minimum atomic E-state index is -0.0400. The number of urea groups is 1. The first kappa shape index (κ1) is 15.6. The van der Waals surface area contributed by atoms with Crippen molar-refractivity contribution in [3.63, 3.8) is 0 Å². The van der Waals surface area contributed by atoms with E-state index in [-0.39, 0.29) is 6.03 Å². The lowest BCUT2D eigenvalue weighted by Crippen LogP contribution is -2.45. The Hall–Kier alpha value is -1.82. The van der Waals surface area contributed by atoms with E-state index in [1.807, 2.05) is 18.3 Å². The molecule has 1 fully saturated rings. The number of rotatable bonds is 5. The van der Waals surface area contributed by atoms with Crippen LogP contribution < -0.4 is 15.5 Å². The van der Waals surface area contributed by atoms with Gasteiger partial charge in [0, 0.05) is 52.5 Å². The van der Waals surface area contributed by atoms with Gasteiger partial charge in [-0.15, -0.1) is 0 Å². The average Bonchev–Trinajstić information content (AvgIpc) is 2.52. The van der Waals surface area contributed by atoms with Crippen molar-refractivity contribution in [1.29, 1.82) is 0 Å². The normalized spacial score (nSPS) is 15.8. The van der Waals surface area contributed by atoms with Crippen molar-refractivity contribution in [1.82, 2.24) is 20.5 Å². The molecule has 1 aromatic rings. The fourth-order valence-electron chi connectivity index (χ4n) is 2.46. The SMILES string of the molecule is CN(C)C(=O)NCCNC1CCN(c2ccccn2)CC1. The number of anilines is 1. The highest BCUT2D eigenvalue weighted by Crippen LogP contribution is 2.16. The number of nitrogens with one attached hydrogen (secondary N) is 2. The lowest BCUT2D eigenvalue weighted by Gasteiger charge is -2.33. The first-order chi connectivity index (χ1) is 10.2. The Bertz CT molecular complexity index is 429. The van der Waals surface area contributed by atoms with Gasteiger partial charge in [-0.25, -0.2) is 9.78 Å². The second kappa shape index (κ2) is 7.83. The molecule has 0 bridgehead atoms. The van der Waals surface area contributed by atoms with Crippen molar-refractivity contribution in [2.45, 2.75) is 18.9 Å². The zero-order valence-electron chi connectivity index (χ0n) is 12.9. The topological polar surface area (TPSA) is 60.5 Å². The predicted octanol–water partition coefficient (Wildman–Crippen LogP) is 0.911. The van der Waals surface area contributed by atoms with Crippen LogP contribution in [0.15, 0.2) is 24.4 Å². The quantitative estimate of drug-likeness (QED) is 0.792. The Morgan fingerprint density at radius 2 is 2.10 bits per heavy atom. The van der Waals surface area contributed by atoms with Crippen LogP contribution in [0.25, 0.3) is 0 Å². The molecule has 0 aliphatic carbocycles. The van der Waals surface area contributed by atoms with Gasteiger partial charge in [-0.05, 0) is 25.0 Å². The summed E-state index contributed by atoms with van der Waals surface area (Å²) in [5.74, 6) is 1.06. The number of nitrogens with zero attached hydrogens (tertiary/aromatic N) is 3. The van der Waals surface area contributed by atoms with Gasteiger partial charge in [-0.3, -0.25) is 0 Å². The third-order valence-electron chi connectivity index (χ3n) is 3.71. The van der Waals surface area contributed by atoms with Crippen LogP contribution in [0.3, 0.4) is 0 Å². The van der Waals surface area contributed by atoms with Crippen molar-refractivity contribution in [3.8, 4) is 0 Å². The molecule has 0 spiro atoms. The van der Waals surface area contributed by atoms with Crippen LogP contribution in [0.1, 0.15) is 12.8 Å². The Morgan fingerprint density at radius 1 is 1.33 bits per heavy atom. The molecule has 2 amide bonds. The lowest BCUT2D eigenvalue weighted by molar-refractivity contribution is 0.217. The van der Waals surface area contributed by atoms with E-state index >= 15 is 0 Å². The molecule has 116 valence electrons. The monoisotopic (exact) mass is 291 g/mol. The fourth-order valence-corrected chi connectivity index (χ4v) is 2.46. The number of pyridine rings is 1. The molecule has 2 rings (SSSR count). The molecule has 2 heterocycles. The smallest absolute Gasteiger partial charge is 0.316 e. The summed E-state index contributed by atoms with van der Waals surface area (Å²) in [7, 11) is 3.49. The van der Waals surface area contributed by atoms with E-state index in [9.17, 15) is 4.79 Å². The highest BCUT2D eigenvalue weighted by molar-refractivity contribution is 5.73. The van der Waals surface area contributed by atoms with Gasteiger partial charge in [0.1, 0.15) is 5.82 Å². The summed E-state index contributed by atoms with van der Waals surface area (Å²) in [6, 6.07) is 6.52. The standard InChI is InChI=1S/C15H25N5O/c1-19(2)15(21)18-10-9-16-13-6-11-20(12-7-13)14-5-3-4-8-17-14/h3-5,8,13,16H,6-7,9-12H2,1-2H3,(H,18,21). The maximum Gasteiger partial charge on any atom is 0.316 e. The van der Waals surface area contributed by atoms with Gasteiger partial charge in [0.2, 0.25) is 0 Å². The molecule has 0 atom stereocenters. The van der Waals surface area contributed by atoms with Crippen LogP contribution in [0, 0.1) is 0 Å². The Kier molecular flexibility index (Phi) is 5.80. The summed E-state index contributed by atoms with van der Waals surface area (Å²) < 4.78 is 0. The van der Waals surface area contributed by atoms with E-state index in [1.54, 1.807) is 19.0 Å². The number of amides is 2. The fraction of sp³-hybridized carbons (Fsp3) is 0.600.